The van der Waals surface area contributed by atoms with Gasteiger partial charge in [-0.1, -0.05) is 29.3 Å². The van der Waals surface area contributed by atoms with Gasteiger partial charge in [0.25, 0.3) is 0 Å². The van der Waals surface area contributed by atoms with Crippen molar-refractivity contribution >= 4 is 40.5 Å². The molecule has 1 fully saturated rings. The van der Waals surface area contributed by atoms with Crippen molar-refractivity contribution in [3.05, 3.63) is 33.8 Å². The van der Waals surface area contributed by atoms with Gasteiger partial charge < -0.3 is 10.2 Å². The first-order valence-electron chi connectivity index (χ1n) is 6.79. The SMILES string of the molecule is CCNC(=S)N1CCN(Cc2ccc(Cl)c(Cl)c2)CC1. The zero-order chi connectivity index (χ0) is 14.5. The summed E-state index contributed by atoms with van der Waals surface area (Å²) in [7, 11) is 0. The van der Waals surface area contributed by atoms with Gasteiger partial charge in [-0.25, -0.2) is 0 Å². The Balaban J connectivity index is 1.85. The third kappa shape index (κ3) is 4.22. The van der Waals surface area contributed by atoms with Crippen LogP contribution in [0.3, 0.4) is 0 Å². The summed E-state index contributed by atoms with van der Waals surface area (Å²) in [6, 6.07) is 5.83. The third-order valence-corrected chi connectivity index (χ3v) is 4.52. The van der Waals surface area contributed by atoms with Crippen LogP contribution in [0.4, 0.5) is 0 Å². The van der Waals surface area contributed by atoms with Gasteiger partial charge in [0.2, 0.25) is 0 Å². The molecule has 1 aliphatic rings. The van der Waals surface area contributed by atoms with Crippen LogP contribution in [0.15, 0.2) is 18.2 Å². The van der Waals surface area contributed by atoms with Crippen LogP contribution in [-0.4, -0.2) is 47.6 Å². The lowest BCUT2D eigenvalue weighted by Gasteiger charge is -2.36. The fourth-order valence-electron chi connectivity index (χ4n) is 2.27. The van der Waals surface area contributed by atoms with Crippen LogP contribution >= 0.6 is 35.4 Å². The Hall–Kier alpha value is -0.550. The lowest BCUT2D eigenvalue weighted by molar-refractivity contribution is 0.174. The number of nitrogens with zero attached hydrogens (tertiary/aromatic N) is 2. The van der Waals surface area contributed by atoms with Crippen LogP contribution in [0.5, 0.6) is 0 Å². The highest BCUT2D eigenvalue weighted by atomic mass is 35.5. The third-order valence-electron chi connectivity index (χ3n) is 3.38. The average Bonchev–Trinajstić information content (AvgIpc) is 2.44. The van der Waals surface area contributed by atoms with Gasteiger partial charge in [0.05, 0.1) is 10.0 Å². The maximum Gasteiger partial charge on any atom is 0.169 e. The van der Waals surface area contributed by atoms with E-state index in [0.29, 0.717) is 10.0 Å². The van der Waals surface area contributed by atoms with Crippen LogP contribution in [0, 0.1) is 0 Å². The number of hydrogen-bond donors (Lipinski definition) is 1. The summed E-state index contributed by atoms with van der Waals surface area (Å²) in [6.45, 7) is 7.78. The van der Waals surface area contributed by atoms with Crippen molar-refractivity contribution in [1.82, 2.24) is 15.1 Å². The predicted octanol–water partition coefficient (Wildman–Crippen LogP) is 3.01. The van der Waals surface area contributed by atoms with Crippen LogP contribution in [0.1, 0.15) is 12.5 Å². The van der Waals surface area contributed by atoms with Crippen molar-refractivity contribution in [2.75, 3.05) is 32.7 Å². The monoisotopic (exact) mass is 331 g/mol. The molecular formula is C14H19Cl2N3S. The lowest BCUT2D eigenvalue weighted by Crippen LogP contribution is -2.51. The van der Waals surface area contributed by atoms with E-state index in [9.17, 15) is 0 Å². The molecule has 1 aliphatic heterocycles. The second-order valence-electron chi connectivity index (χ2n) is 4.85. The summed E-state index contributed by atoms with van der Waals surface area (Å²) in [5, 5.41) is 5.29. The van der Waals surface area contributed by atoms with Crippen molar-refractivity contribution in [3.63, 3.8) is 0 Å². The van der Waals surface area contributed by atoms with E-state index in [2.05, 4.69) is 22.0 Å². The Morgan fingerprint density at radius 2 is 1.90 bits per heavy atom. The molecule has 1 aromatic carbocycles. The van der Waals surface area contributed by atoms with Gasteiger partial charge in [-0.15, -0.1) is 0 Å². The molecule has 20 heavy (non-hydrogen) atoms. The van der Waals surface area contributed by atoms with Crippen LogP contribution < -0.4 is 5.32 Å². The van der Waals surface area contributed by atoms with Crippen LogP contribution in [0.25, 0.3) is 0 Å². The Morgan fingerprint density at radius 3 is 2.50 bits per heavy atom. The molecule has 0 unspecified atom stereocenters. The van der Waals surface area contributed by atoms with Crippen molar-refractivity contribution in [2.24, 2.45) is 0 Å². The molecule has 1 N–H and O–H groups in total. The quantitative estimate of drug-likeness (QED) is 0.858. The van der Waals surface area contributed by atoms with Gasteiger partial charge in [0.15, 0.2) is 5.11 Å². The molecule has 0 atom stereocenters. The molecule has 0 aromatic heterocycles. The van der Waals surface area contributed by atoms with Gasteiger partial charge in [0, 0.05) is 39.3 Å². The lowest BCUT2D eigenvalue weighted by atomic mass is 10.2. The summed E-state index contributed by atoms with van der Waals surface area (Å²) in [4.78, 5) is 4.63. The summed E-state index contributed by atoms with van der Waals surface area (Å²) in [5.74, 6) is 0. The highest BCUT2D eigenvalue weighted by Crippen LogP contribution is 2.23. The molecule has 2 rings (SSSR count). The molecule has 1 saturated heterocycles. The van der Waals surface area contributed by atoms with Gasteiger partial charge in [0.1, 0.15) is 0 Å². The predicted molar refractivity (Wildman–Crippen MR) is 89.6 cm³/mol. The molecule has 0 bridgehead atoms. The van der Waals surface area contributed by atoms with E-state index in [4.69, 9.17) is 35.4 Å². The Morgan fingerprint density at radius 1 is 1.20 bits per heavy atom. The normalized spacial score (nSPS) is 16.2. The summed E-state index contributed by atoms with van der Waals surface area (Å²) < 4.78 is 0. The van der Waals surface area contributed by atoms with Crippen molar-refractivity contribution in [2.45, 2.75) is 13.5 Å². The van der Waals surface area contributed by atoms with E-state index in [1.165, 1.54) is 5.56 Å². The molecule has 6 heteroatoms. The van der Waals surface area contributed by atoms with E-state index in [-0.39, 0.29) is 0 Å². The standard InChI is InChI=1S/C14H19Cl2N3S/c1-2-17-14(20)19-7-5-18(6-8-19)10-11-3-4-12(15)13(16)9-11/h3-4,9H,2,5-8,10H2,1H3,(H,17,20). The van der Waals surface area contributed by atoms with E-state index < -0.39 is 0 Å². The molecule has 1 aromatic rings. The second kappa shape index (κ2) is 7.46. The highest BCUT2D eigenvalue weighted by molar-refractivity contribution is 7.80. The minimum absolute atomic E-state index is 0.608. The number of rotatable bonds is 3. The Kier molecular flexibility index (Phi) is 5.90. The Labute approximate surface area is 135 Å². The molecule has 0 saturated carbocycles. The van der Waals surface area contributed by atoms with Crippen molar-refractivity contribution < 1.29 is 0 Å². The van der Waals surface area contributed by atoms with Crippen molar-refractivity contribution in [1.29, 1.82) is 0 Å². The zero-order valence-corrected chi connectivity index (χ0v) is 13.9. The van der Waals surface area contributed by atoms with Crippen molar-refractivity contribution in [3.8, 4) is 0 Å². The minimum atomic E-state index is 0.608. The van der Waals surface area contributed by atoms with Crippen LogP contribution in [-0.2, 0) is 6.54 Å². The average molecular weight is 332 g/mol. The molecule has 1 heterocycles. The molecular weight excluding hydrogens is 313 g/mol. The topological polar surface area (TPSA) is 18.5 Å². The van der Waals surface area contributed by atoms with Gasteiger partial charge in [-0.3, -0.25) is 4.90 Å². The molecule has 0 amide bonds. The van der Waals surface area contributed by atoms with E-state index in [1.807, 2.05) is 18.2 Å². The van der Waals surface area contributed by atoms with Gasteiger partial charge in [-0.2, -0.15) is 0 Å². The van der Waals surface area contributed by atoms with Crippen LogP contribution in [0.2, 0.25) is 10.0 Å². The van der Waals surface area contributed by atoms with E-state index >= 15 is 0 Å². The summed E-state index contributed by atoms with van der Waals surface area (Å²) in [5.41, 5.74) is 1.20. The maximum absolute atomic E-state index is 6.05. The number of piperazine rings is 1. The van der Waals surface area contributed by atoms with Gasteiger partial charge >= 0.3 is 0 Å². The van der Waals surface area contributed by atoms with Gasteiger partial charge in [-0.05, 0) is 36.8 Å². The number of hydrogen-bond acceptors (Lipinski definition) is 2. The fraction of sp³-hybridized carbons (Fsp3) is 0.500. The second-order valence-corrected chi connectivity index (χ2v) is 6.05. The molecule has 0 radical (unpaired) electrons. The van der Waals surface area contributed by atoms with E-state index in [0.717, 1.165) is 44.4 Å². The zero-order valence-electron chi connectivity index (χ0n) is 11.5. The molecule has 0 spiro atoms. The molecule has 0 aliphatic carbocycles. The summed E-state index contributed by atoms with van der Waals surface area (Å²) in [6.07, 6.45) is 0. The fourth-order valence-corrected chi connectivity index (χ4v) is 2.92. The minimum Gasteiger partial charge on any atom is -0.363 e. The number of benzene rings is 1. The number of nitrogens with one attached hydrogen (secondary N) is 1. The molecule has 110 valence electrons. The smallest absolute Gasteiger partial charge is 0.169 e. The first-order chi connectivity index (χ1) is 9.60. The first-order valence-corrected chi connectivity index (χ1v) is 7.95. The number of thiocarbonyl (C=S) groups is 1. The Bertz CT molecular complexity index is 473. The maximum atomic E-state index is 6.05. The first kappa shape index (κ1) is 15.8. The largest absolute Gasteiger partial charge is 0.363 e. The summed E-state index contributed by atoms with van der Waals surface area (Å²) >= 11 is 17.3. The highest BCUT2D eigenvalue weighted by Gasteiger charge is 2.18. The van der Waals surface area contributed by atoms with E-state index in [1.54, 1.807) is 0 Å². The number of halogens is 2. The molecule has 3 nitrogen and oxygen atoms in total.